The van der Waals surface area contributed by atoms with Crippen LogP contribution in [-0.2, 0) is 6.54 Å². The second kappa shape index (κ2) is 5.64. The van der Waals surface area contributed by atoms with Crippen LogP contribution in [0.3, 0.4) is 0 Å². The van der Waals surface area contributed by atoms with Gasteiger partial charge in [0, 0.05) is 12.2 Å². The smallest absolute Gasteiger partial charge is 0.103 e. The zero-order chi connectivity index (χ0) is 13.8. The Kier molecular flexibility index (Phi) is 3.94. The number of hydrogen-bond acceptors (Lipinski definition) is 3. The first-order valence-corrected chi connectivity index (χ1v) is 6.27. The molecule has 0 amide bonds. The summed E-state index contributed by atoms with van der Waals surface area (Å²) in [6.07, 6.45) is 0. The summed E-state index contributed by atoms with van der Waals surface area (Å²) in [7, 11) is 0. The van der Waals surface area contributed by atoms with E-state index in [9.17, 15) is 0 Å². The van der Waals surface area contributed by atoms with Gasteiger partial charge in [-0.2, -0.15) is 5.26 Å². The van der Waals surface area contributed by atoms with E-state index in [0.29, 0.717) is 17.1 Å². The lowest BCUT2D eigenvalue weighted by Crippen LogP contribution is -2.04. The third kappa shape index (κ3) is 2.81. The van der Waals surface area contributed by atoms with Crippen molar-refractivity contribution in [3.8, 4) is 6.07 Å². The fourth-order valence-electron chi connectivity index (χ4n) is 1.87. The minimum atomic E-state index is 0.455. The summed E-state index contributed by atoms with van der Waals surface area (Å²) < 4.78 is 0. The summed E-state index contributed by atoms with van der Waals surface area (Å²) in [4.78, 5) is 0. The number of nitrogens with one attached hydrogen (secondary N) is 1. The molecule has 19 heavy (non-hydrogen) atoms. The Bertz CT molecular complexity index is 644. The normalized spacial score (nSPS) is 9.95. The van der Waals surface area contributed by atoms with Crippen LogP contribution in [0.1, 0.15) is 16.7 Å². The maximum Gasteiger partial charge on any atom is 0.103 e. The van der Waals surface area contributed by atoms with E-state index in [-0.39, 0.29) is 0 Å². The summed E-state index contributed by atoms with van der Waals surface area (Å²) in [6.45, 7) is 2.58. The predicted octanol–water partition coefficient (Wildman–Crippen LogP) is 3.71. The third-order valence-electron chi connectivity index (χ3n) is 3.08. The molecule has 0 aromatic heterocycles. The standard InChI is InChI=1S/C15H14ClN3/c1-10-11(4-2-6-14(10)18)9-19-15-7-3-5-13(16)12(15)8-17/h2-7,19H,9,18H2,1H3. The zero-order valence-corrected chi connectivity index (χ0v) is 11.3. The van der Waals surface area contributed by atoms with E-state index in [1.54, 1.807) is 6.07 Å². The third-order valence-corrected chi connectivity index (χ3v) is 3.40. The molecule has 0 atom stereocenters. The van der Waals surface area contributed by atoms with E-state index in [0.717, 1.165) is 22.5 Å². The maximum absolute atomic E-state index is 9.10. The molecule has 0 aliphatic heterocycles. The maximum atomic E-state index is 9.10. The molecule has 3 nitrogen and oxygen atoms in total. The molecule has 0 spiro atoms. The first-order valence-electron chi connectivity index (χ1n) is 5.90. The van der Waals surface area contributed by atoms with E-state index in [1.807, 2.05) is 37.3 Å². The molecule has 0 saturated carbocycles. The van der Waals surface area contributed by atoms with Crippen molar-refractivity contribution >= 4 is 23.0 Å². The van der Waals surface area contributed by atoms with Gasteiger partial charge < -0.3 is 11.1 Å². The van der Waals surface area contributed by atoms with Crippen LogP contribution in [0.25, 0.3) is 0 Å². The lowest BCUT2D eigenvalue weighted by molar-refractivity contribution is 1.12. The van der Waals surface area contributed by atoms with Crippen molar-refractivity contribution in [1.82, 2.24) is 0 Å². The SMILES string of the molecule is Cc1c(N)cccc1CNc1cccc(Cl)c1C#N. The molecule has 2 aromatic carbocycles. The Labute approximate surface area is 117 Å². The molecule has 2 rings (SSSR count). The fraction of sp³-hybridized carbons (Fsp3) is 0.133. The molecular formula is C15H14ClN3. The van der Waals surface area contributed by atoms with Gasteiger partial charge in [-0.05, 0) is 36.2 Å². The van der Waals surface area contributed by atoms with E-state index in [1.165, 1.54) is 0 Å². The first-order chi connectivity index (χ1) is 9.13. The van der Waals surface area contributed by atoms with Gasteiger partial charge in [-0.15, -0.1) is 0 Å². The molecule has 4 heteroatoms. The molecule has 96 valence electrons. The molecule has 0 aliphatic carbocycles. The Morgan fingerprint density at radius 2 is 2.00 bits per heavy atom. The van der Waals surface area contributed by atoms with Crippen LogP contribution in [-0.4, -0.2) is 0 Å². The summed E-state index contributed by atoms with van der Waals surface area (Å²) in [5.74, 6) is 0. The quantitative estimate of drug-likeness (QED) is 0.837. The Morgan fingerprint density at radius 1 is 1.26 bits per heavy atom. The first kappa shape index (κ1) is 13.3. The van der Waals surface area contributed by atoms with Gasteiger partial charge in [-0.25, -0.2) is 0 Å². The molecule has 0 heterocycles. The molecule has 0 radical (unpaired) electrons. The summed E-state index contributed by atoms with van der Waals surface area (Å²) >= 11 is 5.99. The molecule has 0 fully saturated rings. The highest BCUT2D eigenvalue weighted by molar-refractivity contribution is 6.32. The van der Waals surface area contributed by atoms with Gasteiger partial charge in [0.05, 0.1) is 16.3 Å². The van der Waals surface area contributed by atoms with Gasteiger partial charge in [0.25, 0.3) is 0 Å². The second-order valence-electron chi connectivity index (χ2n) is 4.26. The van der Waals surface area contributed by atoms with Gasteiger partial charge in [0.1, 0.15) is 6.07 Å². The van der Waals surface area contributed by atoms with Crippen LogP contribution >= 0.6 is 11.6 Å². The summed E-state index contributed by atoms with van der Waals surface area (Å²) in [5, 5.41) is 12.8. The van der Waals surface area contributed by atoms with Crippen molar-refractivity contribution in [3.05, 3.63) is 58.1 Å². The van der Waals surface area contributed by atoms with Crippen molar-refractivity contribution < 1.29 is 0 Å². The van der Waals surface area contributed by atoms with Crippen molar-refractivity contribution in [3.63, 3.8) is 0 Å². The van der Waals surface area contributed by atoms with Gasteiger partial charge in [0.15, 0.2) is 0 Å². The molecule has 0 aliphatic rings. The van der Waals surface area contributed by atoms with Crippen molar-refractivity contribution in [2.45, 2.75) is 13.5 Å². The van der Waals surface area contributed by atoms with Crippen LogP contribution < -0.4 is 11.1 Å². The number of halogens is 1. The number of nitriles is 1. The molecule has 0 bridgehead atoms. The molecule has 0 unspecified atom stereocenters. The van der Waals surface area contributed by atoms with Gasteiger partial charge >= 0.3 is 0 Å². The van der Waals surface area contributed by atoms with E-state index >= 15 is 0 Å². The summed E-state index contributed by atoms with van der Waals surface area (Å²) in [6, 6.07) is 13.3. The number of rotatable bonds is 3. The largest absolute Gasteiger partial charge is 0.399 e. The van der Waals surface area contributed by atoms with Crippen LogP contribution in [0.5, 0.6) is 0 Å². The molecular weight excluding hydrogens is 258 g/mol. The van der Waals surface area contributed by atoms with Gasteiger partial charge in [-0.3, -0.25) is 0 Å². The van der Waals surface area contributed by atoms with Crippen molar-refractivity contribution in [1.29, 1.82) is 5.26 Å². The number of anilines is 2. The van der Waals surface area contributed by atoms with Crippen molar-refractivity contribution in [2.75, 3.05) is 11.1 Å². The summed E-state index contributed by atoms with van der Waals surface area (Å²) in [5.41, 5.74) is 9.99. The molecule has 0 saturated heterocycles. The average Bonchev–Trinajstić information content (AvgIpc) is 2.40. The minimum absolute atomic E-state index is 0.455. The van der Waals surface area contributed by atoms with E-state index in [2.05, 4.69) is 11.4 Å². The number of benzene rings is 2. The highest BCUT2D eigenvalue weighted by Gasteiger charge is 2.07. The number of nitrogens with two attached hydrogens (primary N) is 1. The second-order valence-corrected chi connectivity index (χ2v) is 4.67. The highest BCUT2D eigenvalue weighted by Crippen LogP contribution is 2.24. The number of hydrogen-bond donors (Lipinski definition) is 2. The molecule has 3 N–H and O–H groups in total. The van der Waals surface area contributed by atoms with Crippen LogP contribution in [0.2, 0.25) is 5.02 Å². The Balaban J connectivity index is 2.22. The zero-order valence-electron chi connectivity index (χ0n) is 10.6. The molecule has 2 aromatic rings. The average molecular weight is 272 g/mol. The monoisotopic (exact) mass is 271 g/mol. The van der Waals surface area contributed by atoms with Gasteiger partial charge in [0.2, 0.25) is 0 Å². The Morgan fingerprint density at radius 3 is 2.74 bits per heavy atom. The predicted molar refractivity (Wildman–Crippen MR) is 79.1 cm³/mol. The van der Waals surface area contributed by atoms with Crippen LogP contribution in [0, 0.1) is 18.3 Å². The van der Waals surface area contributed by atoms with Crippen molar-refractivity contribution in [2.24, 2.45) is 0 Å². The highest BCUT2D eigenvalue weighted by atomic mass is 35.5. The topological polar surface area (TPSA) is 61.8 Å². The Hall–Kier alpha value is -2.18. The van der Waals surface area contributed by atoms with Crippen LogP contribution in [0.4, 0.5) is 11.4 Å². The van der Waals surface area contributed by atoms with E-state index < -0.39 is 0 Å². The van der Waals surface area contributed by atoms with Gasteiger partial charge in [-0.1, -0.05) is 29.8 Å². The minimum Gasteiger partial charge on any atom is -0.399 e. The lowest BCUT2D eigenvalue weighted by Gasteiger charge is -2.12. The van der Waals surface area contributed by atoms with E-state index in [4.69, 9.17) is 22.6 Å². The number of nitrogens with zero attached hydrogens (tertiary/aromatic N) is 1. The fourth-order valence-corrected chi connectivity index (χ4v) is 2.09. The lowest BCUT2D eigenvalue weighted by atomic mass is 10.1. The number of nitrogen functional groups attached to an aromatic ring is 1. The van der Waals surface area contributed by atoms with Crippen LogP contribution in [0.15, 0.2) is 36.4 Å².